The summed E-state index contributed by atoms with van der Waals surface area (Å²) in [6.07, 6.45) is 0.350. The van der Waals surface area contributed by atoms with Crippen molar-refractivity contribution in [3.63, 3.8) is 0 Å². The molecular formula is C24H30N4O3. The van der Waals surface area contributed by atoms with Crippen LogP contribution in [0.15, 0.2) is 36.4 Å². The van der Waals surface area contributed by atoms with Crippen LogP contribution in [0.3, 0.4) is 0 Å². The first kappa shape index (κ1) is 21.3. The summed E-state index contributed by atoms with van der Waals surface area (Å²) in [5, 5.41) is 17.6. The molecule has 7 heteroatoms. The van der Waals surface area contributed by atoms with E-state index in [4.69, 9.17) is 9.72 Å². The van der Waals surface area contributed by atoms with Crippen LogP contribution >= 0.6 is 0 Å². The van der Waals surface area contributed by atoms with Crippen molar-refractivity contribution in [1.82, 2.24) is 14.9 Å². The third kappa shape index (κ3) is 3.68. The minimum Gasteiger partial charge on any atom is -0.388 e. The van der Waals surface area contributed by atoms with E-state index in [0.29, 0.717) is 17.7 Å². The highest BCUT2D eigenvalue weighted by molar-refractivity contribution is 6.04. The highest BCUT2D eigenvalue weighted by Crippen LogP contribution is 2.46. The van der Waals surface area contributed by atoms with E-state index in [1.54, 1.807) is 7.05 Å². The van der Waals surface area contributed by atoms with E-state index in [-0.39, 0.29) is 11.9 Å². The molecule has 7 nitrogen and oxygen atoms in total. The Balaban J connectivity index is 1.96. The summed E-state index contributed by atoms with van der Waals surface area (Å²) in [4.78, 5) is 17.6. The van der Waals surface area contributed by atoms with E-state index in [2.05, 4.69) is 17.6 Å². The van der Waals surface area contributed by atoms with Crippen molar-refractivity contribution in [2.45, 2.75) is 44.9 Å². The lowest BCUT2D eigenvalue weighted by molar-refractivity contribution is -0.0518. The molecule has 1 amide bonds. The number of aryl methyl sites for hydroxylation is 2. The van der Waals surface area contributed by atoms with Gasteiger partial charge >= 0.3 is 0 Å². The Bertz CT molecular complexity index is 1090. The number of amides is 1. The van der Waals surface area contributed by atoms with Crippen molar-refractivity contribution in [2.75, 3.05) is 19.0 Å². The van der Waals surface area contributed by atoms with Crippen LogP contribution in [0.5, 0.6) is 0 Å². The Kier molecular flexibility index (Phi) is 5.98. The van der Waals surface area contributed by atoms with E-state index in [1.807, 2.05) is 54.9 Å². The zero-order chi connectivity index (χ0) is 22.1. The van der Waals surface area contributed by atoms with Crippen molar-refractivity contribution in [3.8, 4) is 0 Å². The molecular weight excluding hydrogens is 392 g/mol. The summed E-state index contributed by atoms with van der Waals surface area (Å²) in [5.74, 6) is 0.632. The van der Waals surface area contributed by atoms with Gasteiger partial charge in [0.25, 0.3) is 5.91 Å². The van der Waals surface area contributed by atoms with Gasteiger partial charge in [-0.3, -0.25) is 4.79 Å². The van der Waals surface area contributed by atoms with Crippen LogP contribution in [0.1, 0.15) is 59.2 Å². The summed E-state index contributed by atoms with van der Waals surface area (Å²) in [5.41, 5.74) is 4.50. The molecule has 0 aliphatic carbocycles. The van der Waals surface area contributed by atoms with Gasteiger partial charge in [0.15, 0.2) is 0 Å². The summed E-state index contributed by atoms with van der Waals surface area (Å²) < 4.78 is 8.20. The maximum absolute atomic E-state index is 12.9. The normalized spacial score (nSPS) is 20.4. The fraction of sp³-hybridized carbons (Fsp3) is 0.417. The number of hydrogen-bond acceptors (Lipinski definition) is 5. The minimum atomic E-state index is -0.863. The fourth-order valence-corrected chi connectivity index (χ4v) is 4.28. The summed E-state index contributed by atoms with van der Waals surface area (Å²) in [6, 6.07) is 11.3. The SMILES string of the molecule is CCCCO[C@H]1c2c(C(=O)NC)cc3c(nc(C)n3C)c2N[C@H](c2ccccc2)[C@H]1O. The molecule has 164 valence electrons. The van der Waals surface area contributed by atoms with Gasteiger partial charge in [-0.2, -0.15) is 0 Å². The Morgan fingerprint density at radius 3 is 2.74 bits per heavy atom. The van der Waals surface area contributed by atoms with Crippen LogP contribution in [-0.2, 0) is 11.8 Å². The molecule has 2 aromatic carbocycles. The maximum atomic E-state index is 12.9. The number of hydrogen-bond donors (Lipinski definition) is 3. The second-order valence-corrected chi connectivity index (χ2v) is 8.05. The van der Waals surface area contributed by atoms with Crippen LogP contribution in [0, 0.1) is 6.92 Å². The van der Waals surface area contributed by atoms with Crippen LogP contribution in [0.4, 0.5) is 5.69 Å². The van der Waals surface area contributed by atoms with Crippen molar-refractivity contribution in [1.29, 1.82) is 0 Å². The molecule has 0 radical (unpaired) electrons. The summed E-state index contributed by atoms with van der Waals surface area (Å²) in [7, 11) is 3.55. The topological polar surface area (TPSA) is 88.4 Å². The highest BCUT2D eigenvalue weighted by Gasteiger charge is 2.41. The molecule has 0 bridgehead atoms. The molecule has 3 atom stereocenters. The van der Waals surface area contributed by atoms with Crippen LogP contribution < -0.4 is 10.6 Å². The zero-order valence-corrected chi connectivity index (χ0v) is 18.5. The van der Waals surface area contributed by atoms with Crippen molar-refractivity contribution in [2.24, 2.45) is 7.05 Å². The van der Waals surface area contributed by atoms with Gasteiger partial charge in [0, 0.05) is 31.8 Å². The number of anilines is 1. The van der Waals surface area contributed by atoms with Gasteiger partial charge in [0.1, 0.15) is 23.5 Å². The standard InChI is InChI=1S/C24H30N4O3/c1-5-6-12-31-23-18-16(24(30)25-3)13-17-20(26-14(2)28(17)4)21(18)27-19(22(23)29)15-10-8-7-9-11-15/h7-11,13,19,22-23,27,29H,5-6,12H2,1-4H3,(H,25,30)/t19-,22-,23+/m1/s1. The Labute approximate surface area is 182 Å². The average molecular weight is 423 g/mol. The van der Waals surface area contributed by atoms with Gasteiger partial charge in [0.05, 0.1) is 17.2 Å². The summed E-state index contributed by atoms with van der Waals surface area (Å²) in [6.45, 7) is 4.54. The number of fused-ring (bicyclic) bond motifs is 3. The molecule has 2 heterocycles. The number of nitrogens with zero attached hydrogens (tertiary/aromatic N) is 2. The Hall–Kier alpha value is -2.90. The highest BCUT2D eigenvalue weighted by atomic mass is 16.5. The number of rotatable bonds is 6. The first-order valence-corrected chi connectivity index (χ1v) is 10.8. The molecule has 3 N–H and O–H groups in total. The lowest BCUT2D eigenvalue weighted by atomic mass is 9.85. The molecule has 3 aromatic rings. The number of nitrogens with one attached hydrogen (secondary N) is 2. The number of ether oxygens (including phenoxy) is 1. The lowest BCUT2D eigenvalue weighted by Gasteiger charge is -2.39. The third-order valence-corrected chi connectivity index (χ3v) is 6.10. The Morgan fingerprint density at radius 1 is 1.32 bits per heavy atom. The first-order valence-electron chi connectivity index (χ1n) is 10.8. The largest absolute Gasteiger partial charge is 0.388 e. The number of unbranched alkanes of at least 4 members (excludes halogenated alkanes) is 1. The van der Waals surface area contributed by atoms with E-state index in [9.17, 15) is 9.90 Å². The van der Waals surface area contributed by atoms with Gasteiger partial charge in [-0.15, -0.1) is 0 Å². The van der Waals surface area contributed by atoms with E-state index >= 15 is 0 Å². The molecule has 31 heavy (non-hydrogen) atoms. The average Bonchev–Trinajstić information content (AvgIpc) is 3.08. The van der Waals surface area contributed by atoms with Gasteiger partial charge in [-0.1, -0.05) is 43.7 Å². The Morgan fingerprint density at radius 2 is 2.06 bits per heavy atom. The monoisotopic (exact) mass is 422 g/mol. The van der Waals surface area contributed by atoms with Gasteiger partial charge < -0.3 is 25.0 Å². The predicted molar refractivity (Wildman–Crippen MR) is 121 cm³/mol. The van der Waals surface area contributed by atoms with Crippen molar-refractivity contribution in [3.05, 3.63) is 58.9 Å². The number of imidazole rings is 1. The predicted octanol–water partition coefficient (Wildman–Crippen LogP) is 3.63. The molecule has 0 spiro atoms. The molecule has 0 fully saturated rings. The van der Waals surface area contributed by atoms with Gasteiger partial charge in [-0.25, -0.2) is 4.98 Å². The van der Waals surface area contributed by atoms with E-state index in [0.717, 1.165) is 41.0 Å². The van der Waals surface area contributed by atoms with Crippen LogP contribution in [0.25, 0.3) is 11.0 Å². The maximum Gasteiger partial charge on any atom is 0.251 e. The molecule has 0 saturated heterocycles. The number of carbonyl (C=O) groups excluding carboxylic acids is 1. The van der Waals surface area contributed by atoms with Gasteiger partial charge in [0.2, 0.25) is 0 Å². The van der Waals surface area contributed by atoms with Gasteiger partial charge in [-0.05, 0) is 25.0 Å². The van der Waals surface area contributed by atoms with E-state index in [1.165, 1.54) is 0 Å². The zero-order valence-electron chi connectivity index (χ0n) is 18.5. The summed E-state index contributed by atoms with van der Waals surface area (Å²) >= 11 is 0. The molecule has 4 rings (SSSR count). The minimum absolute atomic E-state index is 0.215. The van der Waals surface area contributed by atoms with Crippen molar-refractivity contribution < 1.29 is 14.6 Å². The molecule has 0 saturated carbocycles. The fourth-order valence-electron chi connectivity index (χ4n) is 4.28. The smallest absolute Gasteiger partial charge is 0.251 e. The number of aromatic nitrogens is 2. The molecule has 1 aliphatic rings. The van der Waals surface area contributed by atoms with Crippen molar-refractivity contribution >= 4 is 22.6 Å². The first-order chi connectivity index (χ1) is 15.0. The van der Waals surface area contributed by atoms with Crippen LogP contribution in [0.2, 0.25) is 0 Å². The number of carbonyl (C=O) groups is 1. The third-order valence-electron chi connectivity index (χ3n) is 6.10. The van der Waals surface area contributed by atoms with Crippen LogP contribution in [-0.4, -0.2) is 40.3 Å². The molecule has 1 aliphatic heterocycles. The molecule has 0 unspecified atom stereocenters. The molecule has 1 aromatic heterocycles. The lowest BCUT2D eigenvalue weighted by Crippen LogP contribution is -2.39. The number of aliphatic hydroxyl groups excluding tert-OH is 1. The second-order valence-electron chi connectivity index (χ2n) is 8.05. The second kappa shape index (κ2) is 8.69. The van der Waals surface area contributed by atoms with E-state index < -0.39 is 12.2 Å². The number of aliphatic hydroxyl groups is 1. The quantitative estimate of drug-likeness (QED) is 0.528. The number of benzene rings is 2.